The van der Waals surface area contributed by atoms with E-state index in [9.17, 15) is 4.79 Å². The van der Waals surface area contributed by atoms with E-state index in [1.807, 2.05) is 0 Å². The first kappa shape index (κ1) is 10.7. The Morgan fingerprint density at radius 1 is 1.67 bits per heavy atom. The van der Waals surface area contributed by atoms with Crippen LogP contribution in [0.5, 0.6) is 0 Å². The van der Waals surface area contributed by atoms with Crippen LogP contribution < -0.4 is 10.9 Å². The van der Waals surface area contributed by atoms with Gasteiger partial charge >= 0.3 is 0 Å². The van der Waals surface area contributed by atoms with Gasteiger partial charge in [0.1, 0.15) is 4.47 Å². The van der Waals surface area contributed by atoms with Crippen LogP contribution in [0.3, 0.4) is 0 Å². The summed E-state index contributed by atoms with van der Waals surface area (Å²) in [4.78, 5) is 11.5. The second-order valence-corrected chi connectivity index (χ2v) is 4.77. The zero-order valence-corrected chi connectivity index (χ0v) is 10.2. The highest BCUT2D eigenvalue weighted by atomic mass is 79.9. The topological polar surface area (TPSA) is 46.9 Å². The number of hydrogen-bond donors (Lipinski definition) is 1. The van der Waals surface area contributed by atoms with Gasteiger partial charge in [0.05, 0.1) is 11.9 Å². The minimum Gasteiger partial charge on any atom is -0.382 e. The Morgan fingerprint density at radius 2 is 2.40 bits per heavy atom. The third kappa shape index (κ3) is 2.22. The molecule has 0 saturated heterocycles. The molecule has 1 aromatic rings. The van der Waals surface area contributed by atoms with Crippen LogP contribution in [0.15, 0.2) is 15.5 Å². The van der Waals surface area contributed by atoms with Gasteiger partial charge < -0.3 is 5.32 Å². The van der Waals surface area contributed by atoms with E-state index in [2.05, 4.69) is 26.3 Å². The highest BCUT2D eigenvalue weighted by Gasteiger charge is 2.17. The number of aromatic nitrogens is 2. The van der Waals surface area contributed by atoms with Crippen LogP contribution in [0.25, 0.3) is 0 Å². The maximum absolute atomic E-state index is 11.5. The molecule has 1 heterocycles. The fourth-order valence-corrected chi connectivity index (χ4v) is 2.08. The summed E-state index contributed by atoms with van der Waals surface area (Å²) in [5.41, 5.74) is 0.693. The van der Waals surface area contributed by atoms with Crippen molar-refractivity contribution in [1.82, 2.24) is 9.78 Å². The van der Waals surface area contributed by atoms with Crippen molar-refractivity contribution in [3.8, 4) is 0 Å². The average molecular weight is 272 g/mol. The van der Waals surface area contributed by atoms with Crippen LogP contribution in [0, 0.1) is 5.92 Å². The van der Waals surface area contributed by atoms with Gasteiger partial charge in [0.25, 0.3) is 5.56 Å². The number of nitrogens with one attached hydrogen (secondary N) is 1. The Bertz CT molecular complexity index is 412. The molecule has 0 unspecified atom stereocenters. The SMILES string of the molecule is Cn1ncc(NCC2CCC2)c(Br)c1=O. The van der Waals surface area contributed by atoms with Crippen molar-refractivity contribution in [2.24, 2.45) is 13.0 Å². The van der Waals surface area contributed by atoms with Crippen LogP contribution in [-0.2, 0) is 7.05 Å². The lowest BCUT2D eigenvalue weighted by Crippen LogP contribution is -2.24. The fraction of sp³-hybridized carbons (Fsp3) is 0.600. The summed E-state index contributed by atoms with van der Waals surface area (Å²) in [7, 11) is 1.64. The van der Waals surface area contributed by atoms with Crippen LogP contribution in [0.1, 0.15) is 19.3 Å². The lowest BCUT2D eigenvalue weighted by Gasteiger charge is -2.25. The molecule has 0 spiro atoms. The van der Waals surface area contributed by atoms with E-state index in [4.69, 9.17) is 0 Å². The molecule has 0 atom stereocenters. The standard InChI is InChI=1S/C10H14BrN3O/c1-14-10(15)9(11)8(6-13-14)12-5-7-3-2-4-7/h6-7,12H,2-5H2,1H3. The van der Waals surface area contributed by atoms with Crippen molar-refractivity contribution < 1.29 is 0 Å². The average Bonchev–Trinajstić information content (AvgIpc) is 2.15. The first-order valence-corrected chi connectivity index (χ1v) is 5.93. The second kappa shape index (κ2) is 4.35. The summed E-state index contributed by atoms with van der Waals surface area (Å²) in [5, 5.41) is 7.23. The molecular weight excluding hydrogens is 258 g/mol. The summed E-state index contributed by atoms with van der Waals surface area (Å²) in [6, 6.07) is 0. The van der Waals surface area contributed by atoms with Gasteiger partial charge in [-0.05, 0) is 34.7 Å². The van der Waals surface area contributed by atoms with Crippen molar-refractivity contribution in [1.29, 1.82) is 0 Å². The Labute approximate surface area is 96.8 Å². The summed E-state index contributed by atoms with van der Waals surface area (Å²) in [6.07, 6.45) is 5.61. The molecule has 0 aromatic carbocycles. The molecule has 1 aliphatic carbocycles. The monoisotopic (exact) mass is 271 g/mol. The highest BCUT2D eigenvalue weighted by Crippen LogP contribution is 2.27. The largest absolute Gasteiger partial charge is 0.382 e. The summed E-state index contributed by atoms with van der Waals surface area (Å²) in [6.45, 7) is 0.938. The Balaban J connectivity index is 2.07. The fourth-order valence-electron chi connectivity index (χ4n) is 1.59. The van der Waals surface area contributed by atoms with Gasteiger partial charge in [-0.1, -0.05) is 6.42 Å². The van der Waals surface area contributed by atoms with E-state index in [0.29, 0.717) is 4.47 Å². The van der Waals surface area contributed by atoms with Gasteiger partial charge in [0, 0.05) is 13.6 Å². The van der Waals surface area contributed by atoms with Crippen molar-refractivity contribution >= 4 is 21.6 Å². The molecule has 1 aliphatic rings. The molecule has 0 radical (unpaired) electrons. The van der Waals surface area contributed by atoms with E-state index in [1.54, 1.807) is 13.2 Å². The van der Waals surface area contributed by atoms with E-state index in [-0.39, 0.29) is 5.56 Å². The summed E-state index contributed by atoms with van der Waals surface area (Å²) >= 11 is 3.29. The predicted molar refractivity (Wildman–Crippen MR) is 63.0 cm³/mol. The highest BCUT2D eigenvalue weighted by molar-refractivity contribution is 9.10. The Kier molecular flexibility index (Phi) is 3.09. The molecule has 0 bridgehead atoms. The predicted octanol–water partition coefficient (Wildman–Crippen LogP) is 1.75. The minimum absolute atomic E-state index is 0.103. The molecule has 4 nitrogen and oxygen atoms in total. The van der Waals surface area contributed by atoms with Crippen LogP contribution in [0.2, 0.25) is 0 Å². The number of anilines is 1. The number of rotatable bonds is 3. The molecule has 1 N–H and O–H groups in total. The number of nitrogens with zero attached hydrogens (tertiary/aromatic N) is 2. The zero-order valence-electron chi connectivity index (χ0n) is 8.66. The van der Waals surface area contributed by atoms with Gasteiger partial charge in [-0.25, -0.2) is 4.68 Å². The lowest BCUT2D eigenvalue weighted by atomic mass is 9.85. The van der Waals surface area contributed by atoms with Crippen LogP contribution in [-0.4, -0.2) is 16.3 Å². The van der Waals surface area contributed by atoms with E-state index in [0.717, 1.165) is 18.2 Å². The molecular formula is C10H14BrN3O. The van der Waals surface area contributed by atoms with Crippen molar-refractivity contribution in [3.05, 3.63) is 21.0 Å². The molecule has 0 aliphatic heterocycles. The minimum atomic E-state index is -0.103. The number of aryl methyl sites for hydroxylation is 1. The van der Waals surface area contributed by atoms with Crippen molar-refractivity contribution in [3.63, 3.8) is 0 Å². The quantitative estimate of drug-likeness (QED) is 0.912. The van der Waals surface area contributed by atoms with E-state index in [1.165, 1.54) is 23.9 Å². The van der Waals surface area contributed by atoms with Crippen LogP contribution >= 0.6 is 15.9 Å². The zero-order chi connectivity index (χ0) is 10.8. The third-order valence-corrected chi connectivity index (χ3v) is 3.65. The van der Waals surface area contributed by atoms with Crippen molar-refractivity contribution in [2.45, 2.75) is 19.3 Å². The molecule has 82 valence electrons. The Hall–Kier alpha value is -0.840. The molecule has 0 amide bonds. The summed E-state index contributed by atoms with van der Waals surface area (Å²) in [5.74, 6) is 0.765. The summed E-state index contributed by atoms with van der Waals surface area (Å²) < 4.78 is 1.89. The molecule has 2 rings (SSSR count). The lowest BCUT2D eigenvalue weighted by molar-refractivity contribution is 0.333. The normalized spacial score (nSPS) is 16.1. The maximum atomic E-state index is 11.5. The first-order chi connectivity index (χ1) is 7.18. The number of hydrogen-bond acceptors (Lipinski definition) is 3. The van der Waals surface area contributed by atoms with E-state index >= 15 is 0 Å². The van der Waals surface area contributed by atoms with E-state index < -0.39 is 0 Å². The third-order valence-electron chi connectivity index (χ3n) is 2.88. The van der Waals surface area contributed by atoms with Gasteiger partial charge in [-0.15, -0.1) is 0 Å². The van der Waals surface area contributed by atoms with Gasteiger partial charge in [0.15, 0.2) is 0 Å². The second-order valence-electron chi connectivity index (χ2n) is 3.98. The maximum Gasteiger partial charge on any atom is 0.282 e. The molecule has 1 aromatic heterocycles. The first-order valence-electron chi connectivity index (χ1n) is 5.14. The van der Waals surface area contributed by atoms with Crippen molar-refractivity contribution in [2.75, 3.05) is 11.9 Å². The molecule has 15 heavy (non-hydrogen) atoms. The molecule has 5 heteroatoms. The van der Waals surface area contributed by atoms with Gasteiger partial charge in [-0.3, -0.25) is 4.79 Å². The smallest absolute Gasteiger partial charge is 0.282 e. The van der Waals surface area contributed by atoms with Gasteiger partial charge in [0.2, 0.25) is 0 Å². The molecule has 1 saturated carbocycles. The molecule has 1 fully saturated rings. The Morgan fingerprint density at radius 3 is 3.00 bits per heavy atom. The number of halogens is 1. The van der Waals surface area contributed by atoms with Gasteiger partial charge in [-0.2, -0.15) is 5.10 Å². The van der Waals surface area contributed by atoms with Crippen LogP contribution in [0.4, 0.5) is 5.69 Å².